The summed E-state index contributed by atoms with van der Waals surface area (Å²) in [5, 5.41) is 22.0. The third kappa shape index (κ3) is 2.75. The standard InChI is InChI=1S/C10H17N4O/c15-7-6-10-11-12-13-14(10)8-9-4-2-1-3-5-9/h9H,1-8H2. The highest BCUT2D eigenvalue weighted by Gasteiger charge is 2.16. The summed E-state index contributed by atoms with van der Waals surface area (Å²) in [7, 11) is 0. The summed E-state index contributed by atoms with van der Waals surface area (Å²) in [5.41, 5.74) is 0. The Morgan fingerprint density at radius 1 is 1.27 bits per heavy atom. The van der Waals surface area contributed by atoms with Gasteiger partial charge in [0, 0.05) is 13.0 Å². The molecule has 1 saturated carbocycles. The van der Waals surface area contributed by atoms with E-state index in [0.717, 1.165) is 12.4 Å². The molecule has 5 nitrogen and oxygen atoms in total. The lowest BCUT2D eigenvalue weighted by Crippen LogP contribution is -2.17. The van der Waals surface area contributed by atoms with Crippen LogP contribution in [0.15, 0.2) is 0 Å². The quantitative estimate of drug-likeness (QED) is 0.749. The maximum absolute atomic E-state index is 10.5. The van der Waals surface area contributed by atoms with Gasteiger partial charge in [-0.15, -0.1) is 5.10 Å². The van der Waals surface area contributed by atoms with Crippen LogP contribution in [0.2, 0.25) is 0 Å². The number of hydrogen-bond donors (Lipinski definition) is 0. The number of nitrogens with zero attached hydrogens (tertiary/aromatic N) is 4. The van der Waals surface area contributed by atoms with E-state index in [1.54, 1.807) is 0 Å². The molecule has 0 unspecified atom stereocenters. The molecule has 0 aliphatic heterocycles. The molecule has 83 valence electrons. The van der Waals surface area contributed by atoms with E-state index in [1.165, 1.54) is 32.1 Å². The zero-order chi connectivity index (χ0) is 10.5. The van der Waals surface area contributed by atoms with Crippen molar-refractivity contribution in [3.8, 4) is 0 Å². The molecule has 1 aromatic heterocycles. The minimum Gasteiger partial charge on any atom is -0.236 e. The van der Waals surface area contributed by atoms with E-state index in [1.807, 2.05) is 4.68 Å². The van der Waals surface area contributed by atoms with Crippen LogP contribution in [0.1, 0.15) is 37.9 Å². The first kappa shape index (κ1) is 10.5. The summed E-state index contributed by atoms with van der Waals surface area (Å²) in [6.07, 6.45) is 7.00. The van der Waals surface area contributed by atoms with Gasteiger partial charge in [-0.05, 0) is 29.2 Å². The van der Waals surface area contributed by atoms with Crippen molar-refractivity contribution in [3.05, 3.63) is 5.82 Å². The van der Waals surface area contributed by atoms with Gasteiger partial charge < -0.3 is 0 Å². The third-order valence-corrected chi connectivity index (χ3v) is 3.09. The van der Waals surface area contributed by atoms with Crippen LogP contribution in [0.4, 0.5) is 0 Å². The topological polar surface area (TPSA) is 63.5 Å². The minimum absolute atomic E-state index is 0.134. The van der Waals surface area contributed by atoms with Crippen molar-refractivity contribution in [1.29, 1.82) is 0 Å². The number of rotatable bonds is 4. The van der Waals surface area contributed by atoms with E-state index >= 15 is 0 Å². The Hall–Kier alpha value is -0.970. The van der Waals surface area contributed by atoms with Crippen LogP contribution in [-0.4, -0.2) is 26.8 Å². The zero-order valence-electron chi connectivity index (χ0n) is 8.93. The van der Waals surface area contributed by atoms with Gasteiger partial charge in [0.15, 0.2) is 5.82 Å². The van der Waals surface area contributed by atoms with Crippen molar-refractivity contribution in [2.45, 2.75) is 45.1 Å². The lowest BCUT2D eigenvalue weighted by Gasteiger charge is -2.21. The molecule has 0 amide bonds. The molecular weight excluding hydrogens is 192 g/mol. The van der Waals surface area contributed by atoms with Gasteiger partial charge in [-0.2, -0.15) is 0 Å². The van der Waals surface area contributed by atoms with Crippen molar-refractivity contribution in [2.24, 2.45) is 5.92 Å². The minimum atomic E-state index is -0.134. The molecule has 5 heteroatoms. The Labute approximate surface area is 89.5 Å². The van der Waals surface area contributed by atoms with E-state index in [0.29, 0.717) is 12.3 Å². The SMILES string of the molecule is [O]CCc1nnnn1CC1CCCCC1. The summed E-state index contributed by atoms with van der Waals surface area (Å²) in [4.78, 5) is 0. The van der Waals surface area contributed by atoms with E-state index < -0.39 is 0 Å². The predicted molar refractivity (Wildman–Crippen MR) is 53.6 cm³/mol. The summed E-state index contributed by atoms with van der Waals surface area (Å²) in [5.74, 6) is 1.45. The van der Waals surface area contributed by atoms with Crippen molar-refractivity contribution in [2.75, 3.05) is 6.61 Å². The van der Waals surface area contributed by atoms with E-state index in [-0.39, 0.29) is 6.61 Å². The molecule has 0 atom stereocenters. The average molecular weight is 209 g/mol. The first-order chi connectivity index (χ1) is 7.40. The van der Waals surface area contributed by atoms with Gasteiger partial charge in [0.2, 0.25) is 0 Å². The molecule has 15 heavy (non-hydrogen) atoms. The van der Waals surface area contributed by atoms with Gasteiger partial charge in [-0.3, -0.25) is 0 Å². The van der Waals surface area contributed by atoms with E-state index in [4.69, 9.17) is 0 Å². The Kier molecular flexibility index (Phi) is 3.66. The van der Waals surface area contributed by atoms with Crippen molar-refractivity contribution >= 4 is 0 Å². The van der Waals surface area contributed by atoms with E-state index in [2.05, 4.69) is 15.5 Å². The molecule has 1 aromatic rings. The van der Waals surface area contributed by atoms with Crippen LogP contribution in [0.5, 0.6) is 0 Å². The third-order valence-electron chi connectivity index (χ3n) is 3.09. The van der Waals surface area contributed by atoms with Crippen molar-refractivity contribution in [3.63, 3.8) is 0 Å². The fourth-order valence-electron chi connectivity index (χ4n) is 2.25. The second-order valence-corrected chi connectivity index (χ2v) is 4.24. The number of hydrogen-bond acceptors (Lipinski definition) is 3. The fourth-order valence-corrected chi connectivity index (χ4v) is 2.25. The monoisotopic (exact) mass is 209 g/mol. The Bertz CT molecular complexity index is 293. The Balaban J connectivity index is 1.93. The molecule has 1 aliphatic rings. The molecular formula is C10H17N4O. The van der Waals surface area contributed by atoms with Crippen LogP contribution in [0.3, 0.4) is 0 Å². The highest BCUT2D eigenvalue weighted by molar-refractivity contribution is 4.81. The molecule has 1 aliphatic carbocycles. The normalized spacial score (nSPS) is 18.2. The molecule has 1 radical (unpaired) electrons. The second kappa shape index (κ2) is 5.21. The van der Waals surface area contributed by atoms with Crippen LogP contribution >= 0.6 is 0 Å². The summed E-state index contributed by atoms with van der Waals surface area (Å²) in [6, 6.07) is 0. The first-order valence-corrected chi connectivity index (χ1v) is 5.73. The molecule has 2 rings (SSSR count). The predicted octanol–water partition coefficient (Wildman–Crippen LogP) is 1.23. The lowest BCUT2D eigenvalue weighted by atomic mass is 9.89. The van der Waals surface area contributed by atoms with Crippen LogP contribution in [0, 0.1) is 5.92 Å². The molecule has 0 N–H and O–H groups in total. The zero-order valence-corrected chi connectivity index (χ0v) is 8.93. The number of aromatic nitrogens is 4. The van der Waals surface area contributed by atoms with Crippen molar-refractivity contribution < 1.29 is 5.11 Å². The fraction of sp³-hybridized carbons (Fsp3) is 0.900. The molecule has 1 heterocycles. The van der Waals surface area contributed by atoms with Gasteiger partial charge >= 0.3 is 0 Å². The maximum Gasteiger partial charge on any atom is 0.153 e. The Morgan fingerprint density at radius 2 is 2.07 bits per heavy atom. The summed E-state index contributed by atoms with van der Waals surface area (Å²) < 4.78 is 1.81. The lowest BCUT2D eigenvalue weighted by molar-refractivity contribution is 0.192. The Morgan fingerprint density at radius 3 is 2.80 bits per heavy atom. The molecule has 1 fully saturated rings. The molecule has 0 aromatic carbocycles. The van der Waals surface area contributed by atoms with Crippen molar-refractivity contribution in [1.82, 2.24) is 20.2 Å². The smallest absolute Gasteiger partial charge is 0.153 e. The highest BCUT2D eigenvalue weighted by atomic mass is 16.3. The molecule has 0 bridgehead atoms. The van der Waals surface area contributed by atoms with Gasteiger partial charge in [0.25, 0.3) is 0 Å². The van der Waals surface area contributed by atoms with Gasteiger partial charge in [-0.1, -0.05) is 19.3 Å². The van der Waals surface area contributed by atoms with Crippen LogP contribution in [0.25, 0.3) is 0 Å². The van der Waals surface area contributed by atoms with Gasteiger partial charge in [0.05, 0.1) is 6.61 Å². The largest absolute Gasteiger partial charge is 0.236 e. The number of tetrazole rings is 1. The summed E-state index contributed by atoms with van der Waals surface area (Å²) in [6.45, 7) is 0.757. The molecule has 0 saturated heterocycles. The van der Waals surface area contributed by atoms with Gasteiger partial charge in [-0.25, -0.2) is 9.79 Å². The summed E-state index contributed by atoms with van der Waals surface area (Å²) >= 11 is 0. The van der Waals surface area contributed by atoms with Crippen LogP contribution in [-0.2, 0) is 18.1 Å². The maximum atomic E-state index is 10.5. The second-order valence-electron chi connectivity index (χ2n) is 4.24. The first-order valence-electron chi connectivity index (χ1n) is 5.73. The average Bonchev–Trinajstić information content (AvgIpc) is 2.68. The van der Waals surface area contributed by atoms with E-state index in [9.17, 15) is 5.11 Å². The van der Waals surface area contributed by atoms with Gasteiger partial charge in [0.1, 0.15) is 0 Å². The highest BCUT2D eigenvalue weighted by Crippen LogP contribution is 2.24. The van der Waals surface area contributed by atoms with Crippen LogP contribution < -0.4 is 0 Å². The molecule has 0 spiro atoms.